The van der Waals surface area contributed by atoms with Crippen molar-refractivity contribution >= 4 is 18.4 Å². The third kappa shape index (κ3) is 4.52. The maximum Gasteiger partial charge on any atom is 0.255 e. The first-order valence-electron chi connectivity index (χ1n) is 9.47. The van der Waals surface area contributed by atoms with Crippen molar-refractivity contribution in [1.82, 2.24) is 19.9 Å². The molecule has 0 amide bonds. The Labute approximate surface area is 184 Å². The molecular formula is C21H22ClF2N5O2. The van der Waals surface area contributed by atoms with E-state index < -0.39 is 17.7 Å². The number of hydrogen-bond acceptors (Lipinski definition) is 6. The molecule has 1 atom stereocenters. The molecule has 31 heavy (non-hydrogen) atoms. The van der Waals surface area contributed by atoms with Crippen LogP contribution in [-0.4, -0.2) is 41.3 Å². The minimum atomic E-state index is -0.699. The van der Waals surface area contributed by atoms with E-state index >= 15 is 0 Å². The van der Waals surface area contributed by atoms with Crippen molar-refractivity contribution in [2.24, 2.45) is 7.05 Å². The van der Waals surface area contributed by atoms with E-state index in [-0.39, 0.29) is 29.3 Å². The predicted molar refractivity (Wildman–Crippen MR) is 116 cm³/mol. The average molecular weight is 450 g/mol. The number of nitrogens with zero attached hydrogens (tertiary/aromatic N) is 4. The minimum absolute atomic E-state index is 0. The summed E-state index contributed by atoms with van der Waals surface area (Å²) >= 11 is 0. The SMILES string of the molecule is COc1cc(F)cc(F)c1C1CN(c2nc(-c3ccncc3)cc(=O)n2C)CCN1.Cl. The normalized spacial score (nSPS) is 16.0. The van der Waals surface area contributed by atoms with Crippen LogP contribution in [0.3, 0.4) is 0 Å². The summed E-state index contributed by atoms with van der Waals surface area (Å²) in [7, 11) is 3.03. The van der Waals surface area contributed by atoms with E-state index in [0.717, 1.165) is 17.7 Å². The molecule has 1 saturated heterocycles. The van der Waals surface area contributed by atoms with Crippen molar-refractivity contribution in [3.05, 3.63) is 70.3 Å². The zero-order valence-corrected chi connectivity index (χ0v) is 17.8. The van der Waals surface area contributed by atoms with Crippen LogP contribution in [0.1, 0.15) is 11.6 Å². The second-order valence-corrected chi connectivity index (χ2v) is 7.03. The summed E-state index contributed by atoms with van der Waals surface area (Å²) in [6.07, 6.45) is 3.27. The van der Waals surface area contributed by atoms with Crippen molar-refractivity contribution in [3.8, 4) is 17.0 Å². The third-order valence-electron chi connectivity index (χ3n) is 5.17. The first kappa shape index (κ1) is 22.6. The van der Waals surface area contributed by atoms with Crippen molar-refractivity contribution in [2.45, 2.75) is 6.04 Å². The summed E-state index contributed by atoms with van der Waals surface area (Å²) in [4.78, 5) is 23.2. The third-order valence-corrected chi connectivity index (χ3v) is 5.17. The van der Waals surface area contributed by atoms with Gasteiger partial charge in [0.15, 0.2) is 0 Å². The highest BCUT2D eigenvalue weighted by molar-refractivity contribution is 5.85. The molecule has 1 aromatic carbocycles. The van der Waals surface area contributed by atoms with Crippen LogP contribution >= 0.6 is 12.4 Å². The first-order chi connectivity index (χ1) is 14.5. The fraction of sp³-hybridized carbons (Fsp3) is 0.286. The lowest BCUT2D eigenvalue weighted by atomic mass is 10.0. The number of pyridine rings is 1. The van der Waals surface area contributed by atoms with Gasteiger partial charge >= 0.3 is 0 Å². The summed E-state index contributed by atoms with van der Waals surface area (Å²) in [5, 5.41) is 3.24. The standard InChI is InChI=1S/C21H21F2N5O2.ClH/c1-27-19(29)11-16(13-3-5-24-6-4-13)26-21(27)28-8-7-25-17(12-28)20-15(23)9-14(22)10-18(20)30-2;/h3-6,9-11,17,25H,7-8,12H2,1-2H3;1H. The number of anilines is 1. The Balaban J connectivity index is 0.00000272. The molecule has 2 aromatic heterocycles. The number of aromatic nitrogens is 3. The Hall–Kier alpha value is -3.04. The van der Waals surface area contributed by atoms with Crippen LogP contribution in [0.15, 0.2) is 47.5 Å². The van der Waals surface area contributed by atoms with Gasteiger partial charge in [-0.2, -0.15) is 0 Å². The molecule has 1 aliphatic rings. The zero-order chi connectivity index (χ0) is 21.3. The number of hydrogen-bond donors (Lipinski definition) is 1. The first-order valence-corrected chi connectivity index (χ1v) is 9.47. The maximum absolute atomic E-state index is 14.6. The van der Waals surface area contributed by atoms with Gasteiger partial charge in [-0.15, -0.1) is 12.4 Å². The molecule has 0 spiro atoms. The van der Waals surface area contributed by atoms with Gasteiger partial charge in [-0.3, -0.25) is 14.3 Å². The molecule has 0 bridgehead atoms. The minimum Gasteiger partial charge on any atom is -0.496 e. The van der Waals surface area contributed by atoms with E-state index in [0.29, 0.717) is 31.3 Å². The van der Waals surface area contributed by atoms with Gasteiger partial charge in [-0.1, -0.05) is 0 Å². The highest BCUT2D eigenvalue weighted by Crippen LogP contribution is 2.32. The van der Waals surface area contributed by atoms with Gasteiger partial charge < -0.3 is 15.0 Å². The number of piperazine rings is 1. The van der Waals surface area contributed by atoms with Crippen molar-refractivity contribution < 1.29 is 13.5 Å². The van der Waals surface area contributed by atoms with Crippen LogP contribution in [0.5, 0.6) is 5.75 Å². The van der Waals surface area contributed by atoms with E-state index in [1.54, 1.807) is 31.6 Å². The molecule has 3 aromatic rings. The van der Waals surface area contributed by atoms with E-state index in [9.17, 15) is 13.6 Å². The van der Waals surface area contributed by atoms with E-state index in [4.69, 9.17) is 4.74 Å². The lowest BCUT2D eigenvalue weighted by Crippen LogP contribution is -2.48. The zero-order valence-electron chi connectivity index (χ0n) is 17.0. The fourth-order valence-corrected chi connectivity index (χ4v) is 3.67. The van der Waals surface area contributed by atoms with Crippen LogP contribution in [-0.2, 0) is 7.05 Å². The van der Waals surface area contributed by atoms with Crippen molar-refractivity contribution in [1.29, 1.82) is 0 Å². The van der Waals surface area contributed by atoms with E-state index in [1.165, 1.54) is 17.7 Å². The van der Waals surface area contributed by atoms with Gasteiger partial charge in [0.25, 0.3) is 5.56 Å². The predicted octanol–water partition coefficient (Wildman–Crippen LogP) is 2.70. The molecular weight excluding hydrogens is 428 g/mol. The Morgan fingerprint density at radius 3 is 2.65 bits per heavy atom. The van der Waals surface area contributed by atoms with Gasteiger partial charge in [0, 0.05) is 68.4 Å². The second-order valence-electron chi connectivity index (χ2n) is 7.03. The van der Waals surface area contributed by atoms with Gasteiger partial charge in [0.2, 0.25) is 5.95 Å². The molecule has 3 heterocycles. The molecule has 1 N–H and O–H groups in total. The van der Waals surface area contributed by atoms with Gasteiger partial charge in [0.1, 0.15) is 17.4 Å². The van der Waals surface area contributed by atoms with Crippen LogP contribution in [0.4, 0.5) is 14.7 Å². The average Bonchev–Trinajstić information content (AvgIpc) is 2.75. The van der Waals surface area contributed by atoms with Crippen LogP contribution in [0.2, 0.25) is 0 Å². The molecule has 0 radical (unpaired) electrons. The summed E-state index contributed by atoms with van der Waals surface area (Å²) in [6, 6.07) is 6.58. The van der Waals surface area contributed by atoms with Crippen LogP contribution in [0, 0.1) is 11.6 Å². The smallest absolute Gasteiger partial charge is 0.255 e. The molecule has 164 valence electrons. The second kappa shape index (κ2) is 9.40. The van der Waals surface area contributed by atoms with Crippen LogP contribution in [0.25, 0.3) is 11.3 Å². The van der Waals surface area contributed by atoms with Crippen LogP contribution < -0.4 is 20.5 Å². The highest BCUT2D eigenvalue weighted by Gasteiger charge is 2.28. The summed E-state index contributed by atoms with van der Waals surface area (Å²) < 4.78 is 34.9. The molecule has 1 aliphatic heterocycles. The summed E-state index contributed by atoms with van der Waals surface area (Å²) in [5.41, 5.74) is 1.37. The molecule has 4 rings (SSSR count). The fourth-order valence-electron chi connectivity index (χ4n) is 3.67. The molecule has 0 aliphatic carbocycles. The van der Waals surface area contributed by atoms with E-state index in [1.807, 2.05) is 4.90 Å². The number of ether oxygens (including phenoxy) is 1. The number of halogens is 3. The number of benzene rings is 1. The lowest BCUT2D eigenvalue weighted by Gasteiger charge is -2.35. The highest BCUT2D eigenvalue weighted by atomic mass is 35.5. The Kier molecular flexibility index (Phi) is 6.87. The Bertz CT molecular complexity index is 1130. The molecule has 10 heteroatoms. The van der Waals surface area contributed by atoms with Crippen molar-refractivity contribution in [3.63, 3.8) is 0 Å². The maximum atomic E-state index is 14.6. The molecule has 1 unspecified atom stereocenters. The number of nitrogens with one attached hydrogen (secondary N) is 1. The lowest BCUT2D eigenvalue weighted by molar-refractivity contribution is 0.376. The molecule has 7 nitrogen and oxygen atoms in total. The molecule has 1 fully saturated rings. The van der Waals surface area contributed by atoms with E-state index in [2.05, 4.69) is 15.3 Å². The van der Waals surface area contributed by atoms with Gasteiger partial charge in [-0.25, -0.2) is 13.8 Å². The van der Waals surface area contributed by atoms with Gasteiger partial charge in [-0.05, 0) is 12.1 Å². The van der Waals surface area contributed by atoms with Crippen molar-refractivity contribution in [2.75, 3.05) is 31.6 Å². The largest absolute Gasteiger partial charge is 0.496 e. The summed E-state index contributed by atoms with van der Waals surface area (Å²) in [6.45, 7) is 1.43. The number of rotatable bonds is 4. The Morgan fingerprint density at radius 1 is 1.19 bits per heavy atom. The Morgan fingerprint density at radius 2 is 1.94 bits per heavy atom. The monoisotopic (exact) mass is 449 g/mol. The molecule has 0 saturated carbocycles. The summed E-state index contributed by atoms with van der Waals surface area (Å²) in [5.74, 6) is -0.769. The quantitative estimate of drug-likeness (QED) is 0.660. The van der Waals surface area contributed by atoms with Gasteiger partial charge in [0.05, 0.1) is 18.8 Å². The number of methoxy groups -OCH3 is 1. The topological polar surface area (TPSA) is 72.3 Å².